The summed E-state index contributed by atoms with van der Waals surface area (Å²) in [7, 11) is 3.72. The van der Waals surface area contributed by atoms with Crippen LogP contribution in [-0.2, 0) is 0 Å². The van der Waals surface area contributed by atoms with Gasteiger partial charge in [0.15, 0.2) is 0 Å². The van der Waals surface area contributed by atoms with Gasteiger partial charge in [0.1, 0.15) is 5.75 Å². The molecule has 0 fully saturated rings. The Morgan fingerprint density at radius 3 is 2.30 bits per heavy atom. The van der Waals surface area contributed by atoms with Crippen LogP contribution in [0.1, 0.15) is 24.1 Å². The van der Waals surface area contributed by atoms with Gasteiger partial charge in [-0.3, -0.25) is 0 Å². The molecule has 0 aliphatic carbocycles. The molecular formula is C17H22N2O. The predicted octanol–water partition coefficient (Wildman–Crippen LogP) is 3.79. The van der Waals surface area contributed by atoms with E-state index < -0.39 is 0 Å². The van der Waals surface area contributed by atoms with Crippen molar-refractivity contribution in [2.24, 2.45) is 5.73 Å². The third-order valence-electron chi connectivity index (χ3n) is 3.50. The summed E-state index contributed by atoms with van der Waals surface area (Å²) in [5, 5.41) is 0. The molecule has 1 unspecified atom stereocenters. The third kappa shape index (κ3) is 2.78. The maximum atomic E-state index is 6.12. The Bertz CT molecular complexity index is 576. The predicted molar refractivity (Wildman–Crippen MR) is 84.8 cm³/mol. The Hall–Kier alpha value is -2.00. The van der Waals surface area contributed by atoms with Crippen LogP contribution in [0, 0.1) is 6.92 Å². The molecule has 2 aromatic rings. The average Bonchev–Trinajstić information content (AvgIpc) is 2.46. The zero-order valence-electron chi connectivity index (χ0n) is 12.6. The number of hydrogen-bond acceptors (Lipinski definition) is 3. The molecule has 0 heterocycles. The number of hydrogen-bond donors (Lipinski definition) is 1. The monoisotopic (exact) mass is 270 g/mol. The van der Waals surface area contributed by atoms with Gasteiger partial charge in [0.25, 0.3) is 0 Å². The molecule has 0 aliphatic heterocycles. The van der Waals surface area contributed by atoms with Crippen molar-refractivity contribution < 1.29 is 4.74 Å². The Balaban J connectivity index is 2.48. The molecule has 2 aromatic carbocycles. The summed E-state index contributed by atoms with van der Waals surface area (Å²) >= 11 is 0. The number of nitrogens with two attached hydrogens (primary N) is 1. The zero-order chi connectivity index (χ0) is 14.7. The van der Waals surface area contributed by atoms with Crippen LogP contribution in [0.4, 0.5) is 11.4 Å². The van der Waals surface area contributed by atoms with Crippen molar-refractivity contribution in [2.45, 2.75) is 19.9 Å². The molecule has 0 saturated heterocycles. The lowest BCUT2D eigenvalue weighted by atomic mass is 10.0. The highest BCUT2D eigenvalue weighted by molar-refractivity contribution is 5.69. The highest BCUT2D eigenvalue weighted by atomic mass is 16.5. The van der Waals surface area contributed by atoms with Gasteiger partial charge < -0.3 is 15.4 Å². The first-order valence-corrected chi connectivity index (χ1v) is 6.77. The number of benzene rings is 2. The summed E-state index contributed by atoms with van der Waals surface area (Å²) in [5.74, 6) is 0.830. The van der Waals surface area contributed by atoms with E-state index in [2.05, 4.69) is 42.2 Å². The van der Waals surface area contributed by atoms with Crippen molar-refractivity contribution in [3.8, 4) is 5.75 Å². The minimum atomic E-state index is -0.0888. The lowest BCUT2D eigenvalue weighted by Gasteiger charge is -2.25. The molecule has 2 N–H and O–H groups in total. The Labute approximate surface area is 121 Å². The lowest BCUT2D eigenvalue weighted by Crippen LogP contribution is -2.16. The van der Waals surface area contributed by atoms with E-state index in [4.69, 9.17) is 10.5 Å². The highest BCUT2D eigenvalue weighted by Crippen LogP contribution is 2.36. The molecule has 0 radical (unpaired) electrons. The number of nitrogens with zero attached hydrogens (tertiary/aromatic N) is 1. The van der Waals surface area contributed by atoms with Crippen LogP contribution in [0.3, 0.4) is 0 Å². The second-order valence-corrected chi connectivity index (χ2v) is 5.08. The van der Waals surface area contributed by atoms with E-state index in [1.54, 1.807) is 7.11 Å². The van der Waals surface area contributed by atoms with Crippen molar-refractivity contribution in [1.82, 2.24) is 0 Å². The van der Waals surface area contributed by atoms with Crippen LogP contribution in [0.2, 0.25) is 0 Å². The standard InChI is InChI=1S/C17H22N2O/c1-12-8-10-14(11-9-12)19(3)15-6-5-7-16(20-4)17(15)13(2)18/h5-11,13H,18H2,1-4H3. The molecule has 20 heavy (non-hydrogen) atoms. The minimum Gasteiger partial charge on any atom is -0.496 e. The number of methoxy groups -OCH3 is 1. The van der Waals surface area contributed by atoms with E-state index >= 15 is 0 Å². The first kappa shape index (κ1) is 14.4. The summed E-state index contributed by atoms with van der Waals surface area (Å²) in [4.78, 5) is 2.14. The fraction of sp³-hybridized carbons (Fsp3) is 0.294. The van der Waals surface area contributed by atoms with Gasteiger partial charge in [-0.1, -0.05) is 23.8 Å². The molecule has 2 rings (SSSR count). The molecule has 0 spiro atoms. The van der Waals surface area contributed by atoms with Crippen molar-refractivity contribution in [3.63, 3.8) is 0 Å². The number of rotatable bonds is 4. The van der Waals surface area contributed by atoms with Gasteiger partial charge >= 0.3 is 0 Å². The van der Waals surface area contributed by atoms with Crippen molar-refractivity contribution >= 4 is 11.4 Å². The SMILES string of the molecule is COc1cccc(N(C)c2ccc(C)cc2)c1C(C)N. The Morgan fingerprint density at radius 2 is 1.75 bits per heavy atom. The molecule has 106 valence electrons. The molecule has 0 saturated carbocycles. The van der Waals surface area contributed by atoms with Crippen molar-refractivity contribution in [2.75, 3.05) is 19.1 Å². The molecule has 1 atom stereocenters. The molecule has 0 aliphatic rings. The molecular weight excluding hydrogens is 248 g/mol. The van der Waals surface area contributed by atoms with E-state index in [1.807, 2.05) is 26.1 Å². The van der Waals surface area contributed by atoms with E-state index in [0.717, 1.165) is 22.7 Å². The van der Waals surface area contributed by atoms with Crippen LogP contribution in [0.5, 0.6) is 5.75 Å². The van der Waals surface area contributed by atoms with Gasteiger partial charge in [0.05, 0.1) is 7.11 Å². The van der Waals surface area contributed by atoms with Crippen molar-refractivity contribution in [3.05, 3.63) is 53.6 Å². The molecule has 0 aromatic heterocycles. The van der Waals surface area contributed by atoms with Gasteiger partial charge in [0, 0.05) is 30.0 Å². The normalized spacial score (nSPS) is 12.1. The molecule has 3 heteroatoms. The summed E-state index contributed by atoms with van der Waals surface area (Å²) in [6, 6.07) is 14.4. The smallest absolute Gasteiger partial charge is 0.125 e. The third-order valence-corrected chi connectivity index (χ3v) is 3.50. The van der Waals surface area contributed by atoms with E-state index in [9.17, 15) is 0 Å². The fourth-order valence-electron chi connectivity index (χ4n) is 2.37. The van der Waals surface area contributed by atoms with Crippen LogP contribution in [0.15, 0.2) is 42.5 Å². The van der Waals surface area contributed by atoms with Crippen LogP contribution >= 0.6 is 0 Å². The highest BCUT2D eigenvalue weighted by Gasteiger charge is 2.16. The van der Waals surface area contributed by atoms with Crippen LogP contribution in [0.25, 0.3) is 0 Å². The summed E-state index contributed by atoms with van der Waals surface area (Å²) < 4.78 is 5.45. The zero-order valence-corrected chi connectivity index (χ0v) is 12.6. The van der Waals surface area contributed by atoms with Gasteiger partial charge in [-0.05, 0) is 38.1 Å². The molecule has 3 nitrogen and oxygen atoms in total. The Morgan fingerprint density at radius 1 is 1.10 bits per heavy atom. The van der Waals surface area contributed by atoms with E-state index in [1.165, 1.54) is 5.56 Å². The van der Waals surface area contributed by atoms with Gasteiger partial charge in [-0.15, -0.1) is 0 Å². The first-order valence-electron chi connectivity index (χ1n) is 6.77. The summed E-state index contributed by atoms with van der Waals surface area (Å²) in [6.07, 6.45) is 0. The van der Waals surface area contributed by atoms with Crippen molar-refractivity contribution in [1.29, 1.82) is 0 Å². The topological polar surface area (TPSA) is 38.5 Å². The number of anilines is 2. The Kier molecular flexibility index (Phi) is 4.30. The van der Waals surface area contributed by atoms with Crippen LogP contribution in [-0.4, -0.2) is 14.2 Å². The average molecular weight is 270 g/mol. The second kappa shape index (κ2) is 5.97. The number of ether oxygens (including phenoxy) is 1. The number of aryl methyl sites for hydroxylation is 1. The van der Waals surface area contributed by atoms with Gasteiger partial charge in [0.2, 0.25) is 0 Å². The fourth-order valence-corrected chi connectivity index (χ4v) is 2.37. The summed E-state index contributed by atoms with van der Waals surface area (Å²) in [6.45, 7) is 4.06. The first-order chi connectivity index (χ1) is 9.54. The van der Waals surface area contributed by atoms with E-state index in [-0.39, 0.29) is 6.04 Å². The molecule has 0 bridgehead atoms. The quantitative estimate of drug-likeness (QED) is 0.918. The minimum absolute atomic E-state index is 0.0888. The summed E-state index contributed by atoms with van der Waals surface area (Å²) in [5.41, 5.74) is 10.6. The van der Waals surface area contributed by atoms with E-state index in [0.29, 0.717) is 0 Å². The van der Waals surface area contributed by atoms with Gasteiger partial charge in [-0.25, -0.2) is 0 Å². The second-order valence-electron chi connectivity index (χ2n) is 5.08. The van der Waals surface area contributed by atoms with Gasteiger partial charge in [-0.2, -0.15) is 0 Å². The maximum absolute atomic E-state index is 6.12. The maximum Gasteiger partial charge on any atom is 0.125 e. The largest absolute Gasteiger partial charge is 0.496 e. The molecule has 0 amide bonds. The van der Waals surface area contributed by atoms with Crippen LogP contribution < -0.4 is 15.4 Å². The lowest BCUT2D eigenvalue weighted by molar-refractivity contribution is 0.407.